The molecular weight excluding hydrogens is 211 g/mol. The average Bonchev–Trinajstić information content (AvgIpc) is 2.26. The van der Waals surface area contributed by atoms with Crippen molar-refractivity contribution in [1.29, 1.82) is 1.28 Å². The van der Waals surface area contributed by atoms with Crippen LogP contribution in [-0.4, -0.2) is 31.8 Å². The molecule has 1 heterocycles. The van der Waals surface area contributed by atoms with Crippen LogP contribution in [0, 0.1) is 0 Å². The number of hydrogen-bond donors (Lipinski definition) is 1. The fourth-order valence-electron chi connectivity index (χ4n) is 1.45. The molecule has 15 heavy (non-hydrogen) atoms. The first-order valence-corrected chi connectivity index (χ1v) is 5.53. The monoisotopic (exact) mass is 232 g/mol. The van der Waals surface area contributed by atoms with E-state index in [2.05, 4.69) is 13.0 Å². The summed E-state index contributed by atoms with van der Waals surface area (Å²) >= 11 is 0. The highest BCUT2D eigenvalue weighted by atomic mass is 31.0. The van der Waals surface area contributed by atoms with Gasteiger partial charge in [-0.05, 0) is 19.8 Å². The van der Waals surface area contributed by atoms with Crippen molar-refractivity contribution in [3.8, 4) is 0 Å². The van der Waals surface area contributed by atoms with Crippen LogP contribution in [-0.2, 0) is 9.26 Å². The van der Waals surface area contributed by atoms with E-state index in [9.17, 15) is 5.11 Å². The third-order valence-corrected chi connectivity index (χ3v) is 2.47. The fourth-order valence-corrected chi connectivity index (χ4v) is 1.64. The second-order valence-corrected chi connectivity index (χ2v) is 4.04. The van der Waals surface area contributed by atoms with Gasteiger partial charge in [0.1, 0.15) is 0 Å². The van der Waals surface area contributed by atoms with Crippen molar-refractivity contribution >= 4 is 9.41 Å². The number of aliphatic hydroxyl groups is 1. The number of rotatable bonds is 6. The zero-order chi connectivity index (χ0) is 11.8. The summed E-state index contributed by atoms with van der Waals surface area (Å²) in [5.74, 6) is 0. The van der Waals surface area contributed by atoms with Gasteiger partial charge in [0.15, 0.2) is 0 Å². The van der Waals surface area contributed by atoms with E-state index in [-0.39, 0.29) is 22.1 Å². The lowest BCUT2D eigenvalue weighted by Gasteiger charge is -2.18. The van der Waals surface area contributed by atoms with E-state index in [4.69, 9.17) is 10.5 Å². The maximum Gasteiger partial charge on any atom is 0.0851 e. The van der Waals surface area contributed by atoms with Crippen LogP contribution in [0.4, 0.5) is 0 Å². The minimum absolute atomic E-state index is 0.135. The zero-order valence-corrected chi connectivity index (χ0v) is 9.98. The summed E-state index contributed by atoms with van der Waals surface area (Å²) in [5, 5.41) is 9.45. The number of ether oxygens (including phenoxy) is 1. The van der Waals surface area contributed by atoms with Gasteiger partial charge in [-0.2, -0.15) is 0 Å². The van der Waals surface area contributed by atoms with Crippen LogP contribution in [0.5, 0.6) is 0 Å². The van der Waals surface area contributed by atoms with Gasteiger partial charge in [-0.15, -0.1) is 0 Å². The van der Waals surface area contributed by atoms with E-state index in [0.29, 0.717) is 13.0 Å². The first kappa shape index (κ1) is 11.3. The lowest BCUT2D eigenvalue weighted by Crippen LogP contribution is -2.16. The molecule has 0 spiro atoms. The summed E-state index contributed by atoms with van der Waals surface area (Å²) in [7, 11) is -0.309. The van der Waals surface area contributed by atoms with E-state index in [1.165, 1.54) is 5.57 Å². The molecule has 3 nitrogen and oxygen atoms in total. The molecule has 0 saturated heterocycles. The molecule has 0 amide bonds. The SMILES string of the molecule is [3H]POC[C@H](O)CC=C[C@@H]1CC(C)=CCO1. The van der Waals surface area contributed by atoms with Crippen molar-refractivity contribution in [2.75, 3.05) is 13.2 Å². The van der Waals surface area contributed by atoms with Crippen LogP contribution in [0.2, 0.25) is 0 Å². The van der Waals surface area contributed by atoms with Crippen molar-refractivity contribution in [3.05, 3.63) is 23.8 Å². The smallest absolute Gasteiger partial charge is 0.0851 e. The largest absolute Gasteiger partial charge is 0.390 e. The molecule has 0 saturated carbocycles. The Hall–Kier alpha value is -0.210. The Labute approximate surface area is 94.7 Å². The van der Waals surface area contributed by atoms with Crippen molar-refractivity contribution in [1.82, 2.24) is 0 Å². The van der Waals surface area contributed by atoms with Gasteiger partial charge in [-0.3, -0.25) is 0 Å². The van der Waals surface area contributed by atoms with Crippen LogP contribution in [0.3, 0.4) is 0 Å². The molecule has 0 aromatic rings. The first-order chi connectivity index (χ1) is 7.72. The lowest BCUT2D eigenvalue weighted by atomic mass is 10.1. The van der Waals surface area contributed by atoms with Gasteiger partial charge in [0.05, 0.1) is 26.7 Å². The summed E-state index contributed by atoms with van der Waals surface area (Å²) in [6.07, 6.45) is 7.09. The first-order valence-electron chi connectivity index (χ1n) is 5.63. The van der Waals surface area contributed by atoms with Crippen LogP contribution >= 0.6 is 9.41 Å². The highest BCUT2D eigenvalue weighted by molar-refractivity contribution is 7.09. The van der Waals surface area contributed by atoms with Crippen molar-refractivity contribution in [2.45, 2.75) is 32.0 Å². The van der Waals surface area contributed by atoms with Crippen LogP contribution in [0.15, 0.2) is 23.8 Å². The maximum absolute atomic E-state index is 9.45. The molecule has 1 unspecified atom stereocenters. The maximum atomic E-state index is 9.45. The highest BCUT2D eigenvalue weighted by Crippen LogP contribution is 2.15. The van der Waals surface area contributed by atoms with Gasteiger partial charge >= 0.3 is 0 Å². The predicted octanol–water partition coefficient (Wildman–Crippen LogP) is 1.84. The standard InChI is InChI=1S/C11H19O3P/c1-9-5-6-13-11(7-9)4-2-3-10(12)8-14-15/h2,4-5,10-12H,3,6-8,15H2,1H3/t10-,11-/m1/s1/i15T/t10-,11-,15?. The molecule has 3 atom stereocenters. The normalized spacial score (nSPS) is 25.9. The van der Waals surface area contributed by atoms with E-state index >= 15 is 0 Å². The van der Waals surface area contributed by atoms with E-state index in [0.717, 1.165) is 6.42 Å². The van der Waals surface area contributed by atoms with Gasteiger partial charge in [0, 0.05) is 9.41 Å². The highest BCUT2D eigenvalue weighted by Gasteiger charge is 2.10. The summed E-state index contributed by atoms with van der Waals surface area (Å²) in [6.45, 7) is 3.00. The third-order valence-electron chi connectivity index (χ3n) is 2.30. The second-order valence-electron chi connectivity index (χ2n) is 3.76. The lowest BCUT2D eigenvalue weighted by molar-refractivity contribution is 0.0972. The van der Waals surface area contributed by atoms with Crippen molar-refractivity contribution in [2.24, 2.45) is 0 Å². The topological polar surface area (TPSA) is 38.7 Å². The minimum atomic E-state index is -0.519. The molecule has 86 valence electrons. The molecule has 0 fully saturated rings. The summed E-state index contributed by atoms with van der Waals surface area (Å²) in [5.41, 5.74) is 1.35. The molecule has 1 aliphatic rings. The molecular formula is C11H19O3P. The fraction of sp³-hybridized carbons (Fsp3) is 0.636. The predicted molar refractivity (Wildman–Crippen MR) is 63.5 cm³/mol. The van der Waals surface area contributed by atoms with Gasteiger partial charge in [0.25, 0.3) is 0 Å². The Morgan fingerprint density at radius 1 is 1.93 bits per heavy atom. The van der Waals surface area contributed by atoms with Gasteiger partial charge in [-0.1, -0.05) is 23.8 Å². The molecule has 1 N–H and O–H groups in total. The average molecular weight is 232 g/mol. The van der Waals surface area contributed by atoms with Crippen molar-refractivity contribution < 1.29 is 14.4 Å². The van der Waals surface area contributed by atoms with Gasteiger partial charge in [-0.25, -0.2) is 0 Å². The van der Waals surface area contributed by atoms with Crippen LogP contribution in [0.25, 0.3) is 0 Å². The molecule has 0 bridgehead atoms. The summed E-state index contributed by atoms with van der Waals surface area (Å²) in [6, 6.07) is 0. The molecule has 0 aromatic carbocycles. The Balaban J connectivity index is 2.18. The Bertz CT molecular complexity index is 256. The Morgan fingerprint density at radius 2 is 2.80 bits per heavy atom. The minimum Gasteiger partial charge on any atom is -0.390 e. The molecule has 1 rings (SSSR count). The van der Waals surface area contributed by atoms with E-state index in [1.54, 1.807) is 0 Å². The van der Waals surface area contributed by atoms with Crippen LogP contribution in [0.1, 0.15) is 19.8 Å². The van der Waals surface area contributed by atoms with E-state index in [1.807, 2.05) is 12.2 Å². The van der Waals surface area contributed by atoms with Crippen molar-refractivity contribution in [3.63, 3.8) is 0 Å². The van der Waals surface area contributed by atoms with E-state index < -0.39 is 6.10 Å². The van der Waals surface area contributed by atoms with Gasteiger partial charge in [0.2, 0.25) is 0 Å². The summed E-state index contributed by atoms with van der Waals surface area (Å²) < 4.78 is 17.1. The molecule has 4 heteroatoms. The Kier molecular flexibility index (Phi) is 5.36. The molecule has 0 aliphatic carbocycles. The number of aliphatic hydroxyl groups excluding tert-OH is 1. The molecule has 1 aliphatic heterocycles. The molecule has 0 radical (unpaired) electrons. The Morgan fingerprint density at radius 3 is 3.53 bits per heavy atom. The summed E-state index contributed by atoms with van der Waals surface area (Å²) in [4.78, 5) is 0. The zero-order valence-electron chi connectivity index (χ0n) is 9.98. The van der Waals surface area contributed by atoms with Gasteiger partial charge < -0.3 is 14.4 Å². The second kappa shape index (κ2) is 7.13. The molecule has 0 aromatic heterocycles. The van der Waals surface area contributed by atoms with Crippen LogP contribution < -0.4 is 0 Å². The number of hydrogen-bond acceptors (Lipinski definition) is 3. The third kappa shape index (κ3) is 5.43. The quantitative estimate of drug-likeness (QED) is 0.561.